The fourth-order valence-electron chi connectivity index (χ4n) is 2.70. The molecule has 0 atom stereocenters. The van der Waals surface area contributed by atoms with Gasteiger partial charge in [0.2, 0.25) is 0 Å². The van der Waals surface area contributed by atoms with Crippen molar-refractivity contribution in [2.45, 2.75) is 20.4 Å². The van der Waals surface area contributed by atoms with Crippen LogP contribution in [-0.2, 0) is 6.54 Å². The molecule has 3 heteroatoms. The van der Waals surface area contributed by atoms with Crippen LogP contribution < -0.4 is 5.73 Å². The molecule has 106 valence electrons. The zero-order valence-corrected chi connectivity index (χ0v) is 12.4. The molecule has 0 saturated heterocycles. The zero-order valence-electron chi connectivity index (χ0n) is 12.4. The van der Waals surface area contributed by atoms with E-state index in [1.165, 1.54) is 16.7 Å². The van der Waals surface area contributed by atoms with Crippen molar-refractivity contribution in [3.05, 3.63) is 71.5 Å². The number of nitrogens with zero attached hydrogens (tertiary/aromatic N) is 2. The number of aromatic nitrogens is 2. The molecule has 1 aromatic heterocycles. The maximum atomic E-state index is 6.02. The molecule has 21 heavy (non-hydrogen) atoms. The van der Waals surface area contributed by atoms with Gasteiger partial charge in [0.1, 0.15) is 0 Å². The van der Waals surface area contributed by atoms with E-state index < -0.39 is 0 Å². The molecular weight excluding hydrogens is 258 g/mol. The SMILES string of the molecule is Cc1cc(C)cc(Cn2cc(-c3ccccc3N)cn2)c1. The highest BCUT2D eigenvalue weighted by atomic mass is 15.3. The van der Waals surface area contributed by atoms with E-state index in [0.717, 1.165) is 23.4 Å². The number of hydrogen-bond donors (Lipinski definition) is 1. The van der Waals surface area contributed by atoms with Gasteiger partial charge in [0.05, 0.1) is 12.7 Å². The maximum absolute atomic E-state index is 6.02. The summed E-state index contributed by atoms with van der Waals surface area (Å²) < 4.78 is 1.95. The molecule has 0 radical (unpaired) electrons. The first-order chi connectivity index (χ1) is 10.1. The minimum absolute atomic E-state index is 0.773. The Balaban J connectivity index is 1.87. The van der Waals surface area contributed by atoms with Crippen molar-refractivity contribution in [1.29, 1.82) is 0 Å². The van der Waals surface area contributed by atoms with Gasteiger partial charge in [-0.3, -0.25) is 4.68 Å². The van der Waals surface area contributed by atoms with Crippen molar-refractivity contribution in [1.82, 2.24) is 9.78 Å². The van der Waals surface area contributed by atoms with E-state index in [4.69, 9.17) is 5.73 Å². The Morgan fingerprint density at radius 2 is 1.76 bits per heavy atom. The molecule has 2 aromatic carbocycles. The van der Waals surface area contributed by atoms with E-state index in [1.807, 2.05) is 41.3 Å². The van der Waals surface area contributed by atoms with Gasteiger partial charge in [0.25, 0.3) is 0 Å². The van der Waals surface area contributed by atoms with Crippen molar-refractivity contribution < 1.29 is 0 Å². The molecule has 0 amide bonds. The number of rotatable bonds is 3. The number of aryl methyl sites for hydroxylation is 2. The van der Waals surface area contributed by atoms with Crippen LogP contribution in [0, 0.1) is 13.8 Å². The van der Waals surface area contributed by atoms with Gasteiger partial charge in [0.15, 0.2) is 0 Å². The first kappa shape index (κ1) is 13.4. The van der Waals surface area contributed by atoms with Crippen LogP contribution in [0.15, 0.2) is 54.9 Å². The Morgan fingerprint density at radius 3 is 2.48 bits per heavy atom. The Bertz CT molecular complexity index is 751. The van der Waals surface area contributed by atoms with Crippen LogP contribution in [0.4, 0.5) is 5.69 Å². The van der Waals surface area contributed by atoms with Crippen molar-refractivity contribution in [3.8, 4) is 11.1 Å². The lowest BCUT2D eigenvalue weighted by atomic mass is 10.1. The first-order valence-corrected chi connectivity index (χ1v) is 7.06. The molecule has 0 spiro atoms. The van der Waals surface area contributed by atoms with Gasteiger partial charge in [-0.25, -0.2) is 0 Å². The lowest BCUT2D eigenvalue weighted by Crippen LogP contribution is -2.00. The Labute approximate surface area is 125 Å². The van der Waals surface area contributed by atoms with Crippen LogP contribution >= 0.6 is 0 Å². The molecule has 0 aliphatic carbocycles. The highest BCUT2D eigenvalue weighted by molar-refractivity contribution is 5.75. The molecule has 0 unspecified atom stereocenters. The Morgan fingerprint density at radius 1 is 1.05 bits per heavy atom. The summed E-state index contributed by atoms with van der Waals surface area (Å²) in [6, 6.07) is 14.5. The third kappa shape index (κ3) is 2.97. The average molecular weight is 277 g/mol. The van der Waals surface area contributed by atoms with E-state index in [-0.39, 0.29) is 0 Å². The number of benzene rings is 2. The lowest BCUT2D eigenvalue weighted by Gasteiger charge is -2.05. The minimum Gasteiger partial charge on any atom is -0.398 e. The Kier molecular flexibility index (Phi) is 3.48. The predicted octanol–water partition coefficient (Wildman–Crippen LogP) is 3.80. The van der Waals surface area contributed by atoms with E-state index in [9.17, 15) is 0 Å². The third-order valence-corrected chi connectivity index (χ3v) is 3.53. The summed E-state index contributed by atoms with van der Waals surface area (Å²) in [5.74, 6) is 0. The van der Waals surface area contributed by atoms with E-state index >= 15 is 0 Å². The molecule has 0 aliphatic rings. The van der Waals surface area contributed by atoms with Gasteiger partial charge in [-0.05, 0) is 25.5 Å². The second-order valence-corrected chi connectivity index (χ2v) is 5.51. The summed E-state index contributed by atoms with van der Waals surface area (Å²) in [7, 11) is 0. The molecule has 1 heterocycles. The van der Waals surface area contributed by atoms with Crippen LogP contribution in [-0.4, -0.2) is 9.78 Å². The van der Waals surface area contributed by atoms with Crippen LogP contribution in [0.5, 0.6) is 0 Å². The molecule has 0 bridgehead atoms. The molecule has 0 aliphatic heterocycles. The van der Waals surface area contributed by atoms with Gasteiger partial charge in [-0.1, -0.05) is 47.5 Å². The molecule has 3 rings (SSSR count). The molecular formula is C18H19N3. The number of nitrogens with two attached hydrogens (primary N) is 1. The van der Waals surface area contributed by atoms with Gasteiger partial charge in [-0.2, -0.15) is 5.10 Å². The van der Waals surface area contributed by atoms with Gasteiger partial charge >= 0.3 is 0 Å². The summed E-state index contributed by atoms with van der Waals surface area (Å²) in [6.07, 6.45) is 3.91. The zero-order chi connectivity index (χ0) is 14.8. The predicted molar refractivity (Wildman–Crippen MR) is 87.1 cm³/mol. The van der Waals surface area contributed by atoms with Gasteiger partial charge in [0, 0.05) is 23.0 Å². The summed E-state index contributed by atoms with van der Waals surface area (Å²) in [5.41, 5.74) is 12.7. The van der Waals surface area contributed by atoms with Crippen LogP contribution in [0.2, 0.25) is 0 Å². The highest BCUT2D eigenvalue weighted by Crippen LogP contribution is 2.25. The Hall–Kier alpha value is -2.55. The van der Waals surface area contributed by atoms with Gasteiger partial charge in [-0.15, -0.1) is 0 Å². The maximum Gasteiger partial charge on any atom is 0.0659 e. The minimum atomic E-state index is 0.773. The van der Waals surface area contributed by atoms with Crippen LogP contribution in [0.3, 0.4) is 0 Å². The molecule has 0 saturated carbocycles. The summed E-state index contributed by atoms with van der Waals surface area (Å²) >= 11 is 0. The smallest absolute Gasteiger partial charge is 0.0659 e. The standard InChI is InChI=1S/C18H19N3/c1-13-7-14(2)9-15(8-13)11-21-12-16(10-20-21)17-5-3-4-6-18(17)19/h3-10,12H,11,19H2,1-2H3. The van der Waals surface area contributed by atoms with E-state index in [2.05, 4.69) is 37.1 Å². The second kappa shape index (κ2) is 5.44. The van der Waals surface area contributed by atoms with Crippen molar-refractivity contribution in [3.63, 3.8) is 0 Å². The molecule has 3 aromatic rings. The van der Waals surface area contributed by atoms with Crippen molar-refractivity contribution in [2.75, 3.05) is 5.73 Å². The van der Waals surface area contributed by atoms with E-state index in [1.54, 1.807) is 0 Å². The van der Waals surface area contributed by atoms with E-state index in [0.29, 0.717) is 0 Å². The lowest BCUT2D eigenvalue weighted by molar-refractivity contribution is 0.686. The topological polar surface area (TPSA) is 43.8 Å². The van der Waals surface area contributed by atoms with Gasteiger partial charge < -0.3 is 5.73 Å². The molecule has 3 nitrogen and oxygen atoms in total. The quantitative estimate of drug-likeness (QED) is 0.740. The summed E-state index contributed by atoms with van der Waals surface area (Å²) in [4.78, 5) is 0. The van der Waals surface area contributed by atoms with Crippen molar-refractivity contribution >= 4 is 5.69 Å². The van der Waals surface area contributed by atoms with Crippen LogP contribution in [0.25, 0.3) is 11.1 Å². The average Bonchev–Trinajstić information content (AvgIpc) is 2.86. The number of anilines is 1. The van der Waals surface area contributed by atoms with Crippen LogP contribution in [0.1, 0.15) is 16.7 Å². The fourth-order valence-corrected chi connectivity index (χ4v) is 2.70. The summed E-state index contributed by atoms with van der Waals surface area (Å²) in [6.45, 7) is 5.01. The number of nitrogen functional groups attached to an aromatic ring is 1. The second-order valence-electron chi connectivity index (χ2n) is 5.51. The highest BCUT2D eigenvalue weighted by Gasteiger charge is 2.05. The van der Waals surface area contributed by atoms with Crippen molar-refractivity contribution in [2.24, 2.45) is 0 Å². The summed E-state index contributed by atoms with van der Waals surface area (Å²) in [5, 5.41) is 4.45. The monoisotopic (exact) mass is 277 g/mol. The number of para-hydroxylation sites is 1. The fraction of sp³-hybridized carbons (Fsp3) is 0.167. The molecule has 0 fully saturated rings. The largest absolute Gasteiger partial charge is 0.398 e. The third-order valence-electron chi connectivity index (χ3n) is 3.53. The molecule has 2 N–H and O–H groups in total. The number of hydrogen-bond acceptors (Lipinski definition) is 2. The first-order valence-electron chi connectivity index (χ1n) is 7.06. The normalized spacial score (nSPS) is 10.8.